The molecule has 0 saturated heterocycles. The summed E-state index contributed by atoms with van der Waals surface area (Å²) >= 11 is 0. The van der Waals surface area contributed by atoms with Gasteiger partial charge in [-0.1, -0.05) is 12.1 Å². The van der Waals surface area contributed by atoms with E-state index in [0.29, 0.717) is 11.3 Å². The maximum Gasteiger partial charge on any atom is 0.416 e. The van der Waals surface area contributed by atoms with Crippen molar-refractivity contribution in [3.05, 3.63) is 52.8 Å². The van der Waals surface area contributed by atoms with Gasteiger partial charge in [-0.25, -0.2) is 0 Å². The number of benzene rings is 1. The summed E-state index contributed by atoms with van der Waals surface area (Å²) in [6.45, 7) is 1.78. The maximum atomic E-state index is 12.7. The Labute approximate surface area is 108 Å². The van der Waals surface area contributed by atoms with Crippen LogP contribution in [0.3, 0.4) is 0 Å². The van der Waals surface area contributed by atoms with Crippen LogP contribution in [0, 0.1) is 6.92 Å². The van der Waals surface area contributed by atoms with Crippen molar-refractivity contribution in [3.8, 4) is 0 Å². The molecule has 0 spiro atoms. The van der Waals surface area contributed by atoms with Gasteiger partial charge in [-0.3, -0.25) is 4.68 Å². The van der Waals surface area contributed by atoms with E-state index in [1.54, 1.807) is 30.9 Å². The lowest BCUT2D eigenvalue weighted by molar-refractivity contribution is -0.137. The molecule has 19 heavy (non-hydrogen) atoms. The molecular formula is C13H14F3N3. The molecule has 1 atom stereocenters. The fourth-order valence-corrected chi connectivity index (χ4v) is 2.01. The summed E-state index contributed by atoms with van der Waals surface area (Å²) in [4.78, 5) is 0. The Morgan fingerprint density at radius 3 is 2.53 bits per heavy atom. The second-order valence-electron chi connectivity index (χ2n) is 4.44. The molecule has 0 bridgehead atoms. The van der Waals surface area contributed by atoms with Crippen molar-refractivity contribution >= 4 is 0 Å². The molecule has 1 unspecified atom stereocenters. The van der Waals surface area contributed by atoms with Crippen LogP contribution >= 0.6 is 0 Å². The van der Waals surface area contributed by atoms with Crippen LogP contribution in [0.4, 0.5) is 13.2 Å². The second-order valence-corrected chi connectivity index (χ2v) is 4.44. The third-order valence-electron chi connectivity index (χ3n) is 2.96. The Hall–Kier alpha value is -1.82. The molecule has 0 saturated carbocycles. The van der Waals surface area contributed by atoms with Gasteiger partial charge in [0.05, 0.1) is 17.3 Å². The molecule has 6 heteroatoms. The summed E-state index contributed by atoms with van der Waals surface area (Å²) in [6.07, 6.45) is -2.64. The largest absolute Gasteiger partial charge is 0.416 e. The molecule has 0 aliphatic heterocycles. The first-order chi connectivity index (χ1) is 8.79. The Morgan fingerprint density at radius 2 is 2.00 bits per heavy atom. The number of aromatic nitrogens is 2. The standard InChI is InChI=1S/C13H14F3N3/c1-8-11(7-19(2)18-8)12(17)9-4-3-5-10(6-9)13(14,15)16/h3-7,12H,17H2,1-2H3. The summed E-state index contributed by atoms with van der Waals surface area (Å²) in [5, 5.41) is 4.14. The van der Waals surface area contributed by atoms with Crippen LogP contribution in [0.25, 0.3) is 0 Å². The van der Waals surface area contributed by atoms with Gasteiger partial charge in [0.1, 0.15) is 0 Å². The lowest BCUT2D eigenvalue weighted by Crippen LogP contribution is -2.14. The summed E-state index contributed by atoms with van der Waals surface area (Å²) in [7, 11) is 1.75. The van der Waals surface area contributed by atoms with Crippen LogP contribution in [0.2, 0.25) is 0 Å². The molecule has 1 heterocycles. The molecule has 3 nitrogen and oxygen atoms in total. The SMILES string of the molecule is Cc1nn(C)cc1C(N)c1cccc(C(F)(F)F)c1. The normalized spacial score (nSPS) is 13.6. The summed E-state index contributed by atoms with van der Waals surface area (Å²) in [5.74, 6) is 0. The Bertz CT molecular complexity index is 587. The minimum absolute atomic E-state index is 0.422. The van der Waals surface area contributed by atoms with Crippen LogP contribution in [0.1, 0.15) is 28.4 Å². The number of halogens is 3. The molecular weight excluding hydrogens is 255 g/mol. The van der Waals surface area contributed by atoms with Crippen LogP contribution in [-0.2, 0) is 13.2 Å². The molecule has 0 radical (unpaired) electrons. The van der Waals surface area contributed by atoms with Gasteiger partial charge in [0.25, 0.3) is 0 Å². The van der Waals surface area contributed by atoms with Crippen LogP contribution < -0.4 is 5.73 Å². The highest BCUT2D eigenvalue weighted by atomic mass is 19.4. The zero-order valence-electron chi connectivity index (χ0n) is 10.6. The van der Waals surface area contributed by atoms with Gasteiger partial charge in [0, 0.05) is 18.8 Å². The first-order valence-corrected chi connectivity index (χ1v) is 5.72. The van der Waals surface area contributed by atoms with Crippen molar-refractivity contribution in [2.75, 3.05) is 0 Å². The molecule has 2 rings (SSSR count). The molecule has 2 aromatic rings. The monoisotopic (exact) mass is 269 g/mol. The zero-order chi connectivity index (χ0) is 14.2. The quantitative estimate of drug-likeness (QED) is 0.911. The Morgan fingerprint density at radius 1 is 1.32 bits per heavy atom. The first kappa shape index (κ1) is 13.6. The molecule has 102 valence electrons. The Balaban J connectivity index is 2.39. The fraction of sp³-hybridized carbons (Fsp3) is 0.308. The van der Waals surface area contributed by atoms with Crippen molar-refractivity contribution in [1.82, 2.24) is 9.78 Å². The maximum absolute atomic E-state index is 12.7. The van der Waals surface area contributed by atoms with Gasteiger partial charge in [0.15, 0.2) is 0 Å². The lowest BCUT2D eigenvalue weighted by Gasteiger charge is -2.14. The lowest BCUT2D eigenvalue weighted by atomic mass is 9.98. The number of aryl methyl sites for hydroxylation is 2. The summed E-state index contributed by atoms with van der Waals surface area (Å²) in [6, 6.07) is 4.45. The molecule has 2 N–H and O–H groups in total. The molecule has 1 aromatic carbocycles. The number of alkyl halides is 3. The van der Waals surface area contributed by atoms with Crippen molar-refractivity contribution in [3.63, 3.8) is 0 Å². The van der Waals surface area contributed by atoms with Gasteiger partial charge in [0.2, 0.25) is 0 Å². The van der Waals surface area contributed by atoms with Crippen molar-refractivity contribution in [1.29, 1.82) is 0 Å². The predicted octanol–water partition coefficient (Wildman–Crippen LogP) is 2.80. The number of hydrogen-bond acceptors (Lipinski definition) is 2. The third-order valence-corrected chi connectivity index (χ3v) is 2.96. The van der Waals surface area contributed by atoms with E-state index in [9.17, 15) is 13.2 Å². The Kier molecular flexibility index (Phi) is 3.36. The van der Waals surface area contributed by atoms with Gasteiger partial charge < -0.3 is 5.73 Å². The highest BCUT2D eigenvalue weighted by molar-refractivity contribution is 5.35. The topological polar surface area (TPSA) is 43.8 Å². The number of nitrogens with two attached hydrogens (primary N) is 1. The third kappa shape index (κ3) is 2.78. The van der Waals surface area contributed by atoms with E-state index >= 15 is 0 Å². The molecule has 0 aliphatic rings. The minimum atomic E-state index is -4.36. The van der Waals surface area contributed by atoms with Gasteiger partial charge >= 0.3 is 6.18 Å². The van der Waals surface area contributed by atoms with E-state index < -0.39 is 17.8 Å². The van der Waals surface area contributed by atoms with E-state index in [1.807, 2.05) is 0 Å². The van der Waals surface area contributed by atoms with E-state index in [-0.39, 0.29) is 0 Å². The first-order valence-electron chi connectivity index (χ1n) is 5.72. The van der Waals surface area contributed by atoms with E-state index in [4.69, 9.17) is 5.73 Å². The van der Waals surface area contributed by atoms with Gasteiger partial charge in [-0.15, -0.1) is 0 Å². The number of rotatable bonds is 2. The van der Waals surface area contributed by atoms with E-state index in [1.165, 1.54) is 6.07 Å². The minimum Gasteiger partial charge on any atom is -0.320 e. The number of nitrogens with zero attached hydrogens (tertiary/aromatic N) is 2. The van der Waals surface area contributed by atoms with E-state index in [2.05, 4.69) is 5.10 Å². The molecule has 0 aliphatic carbocycles. The zero-order valence-corrected chi connectivity index (χ0v) is 10.6. The van der Waals surface area contributed by atoms with Gasteiger partial charge in [-0.2, -0.15) is 18.3 Å². The smallest absolute Gasteiger partial charge is 0.320 e. The van der Waals surface area contributed by atoms with Crippen molar-refractivity contribution in [2.45, 2.75) is 19.1 Å². The summed E-state index contributed by atoms with van der Waals surface area (Å²) < 4.78 is 39.6. The van der Waals surface area contributed by atoms with Crippen molar-refractivity contribution in [2.24, 2.45) is 12.8 Å². The average Bonchev–Trinajstić information content (AvgIpc) is 2.66. The van der Waals surface area contributed by atoms with Crippen LogP contribution in [0.5, 0.6) is 0 Å². The number of hydrogen-bond donors (Lipinski definition) is 1. The van der Waals surface area contributed by atoms with Crippen LogP contribution in [-0.4, -0.2) is 9.78 Å². The molecule has 0 amide bonds. The molecule has 0 fully saturated rings. The predicted molar refractivity (Wildman–Crippen MR) is 65.4 cm³/mol. The summed E-state index contributed by atoms with van der Waals surface area (Å²) in [5.41, 5.74) is 7.19. The highest BCUT2D eigenvalue weighted by Crippen LogP contribution is 2.31. The van der Waals surface area contributed by atoms with Crippen molar-refractivity contribution < 1.29 is 13.2 Å². The molecule has 1 aromatic heterocycles. The average molecular weight is 269 g/mol. The highest BCUT2D eigenvalue weighted by Gasteiger charge is 2.31. The second kappa shape index (κ2) is 4.70. The van der Waals surface area contributed by atoms with Crippen LogP contribution in [0.15, 0.2) is 30.5 Å². The van der Waals surface area contributed by atoms with Gasteiger partial charge in [-0.05, 0) is 24.6 Å². The fourth-order valence-electron chi connectivity index (χ4n) is 2.01. The van der Waals surface area contributed by atoms with E-state index in [0.717, 1.165) is 17.7 Å².